The molecule has 3 amide bonds. The lowest BCUT2D eigenvalue weighted by Gasteiger charge is -2.17. The Morgan fingerprint density at radius 2 is 1.81 bits per heavy atom. The highest BCUT2D eigenvalue weighted by Gasteiger charge is 2.31. The van der Waals surface area contributed by atoms with Crippen LogP contribution in [0.2, 0.25) is 0 Å². The first-order valence-corrected chi connectivity index (χ1v) is 8.84. The first-order valence-electron chi connectivity index (χ1n) is 8.84. The second-order valence-corrected chi connectivity index (χ2v) is 6.76. The molecule has 1 aliphatic carbocycles. The number of amides is 3. The van der Waals surface area contributed by atoms with E-state index in [0.717, 1.165) is 18.4 Å². The molecule has 0 unspecified atom stereocenters. The highest BCUT2D eigenvalue weighted by atomic mass is 16.2. The van der Waals surface area contributed by atoms with Crippen LogP contribution in [0.3, 0.4) is 0 Å². The first kappa shape index (κ1) is 17.0. The topological polar surface area (TPSA) is 78.5 Å². The molecule has 1 aliphatic heterocycles. The molecule has 136 valence electrons. The molecular weight excluding hydrogens is 342 g/mol. The van der Waals surface area contributed by atoms with Gasteiger partial charge in [-0.3, -0.25) is 19.3 Å². The average Bonchev–Trinajstić information content (AvgIpc) is 3.45. The van der Waals surface area contributed by atoms with Gasteiger partial charge >= 0.3 is 0 Å². The fourth-order valence-electron chi connectivity index (χ4n) is 3.08. The number of hydrogen-bond donors (Lipinski definition) is 2. The Balaban J connectivity index is 1.42. The van der Waals surface area contributed by atoms with Crippen LogP contribution in [0, 0.1) is 0 Å². The summed E-state index contributed by atoms with van der Waals surface area (Å²) in [7, 11) is 0. The minimum absolute atomic E-state index is 0.134. The third kappa shape index (κ3) is 3.46. The summed E-state index contributed by atoms with van der Waals surface area (Å²) in [6, 6.07) is 14.2. The summed E-state index contributed by atoms with van der Waals surface area (Å²) >= 11 is 0. The zero-order valence-electron chi connectivity index (χ0n) is 14.7. The molecule has 1 fully saturated rings. The molecule has 2 N–H and O–H groups in total. The van der Waals surface area contributed by atoms with E-state index >= 15 is 0 Å². The fraction of sp³-hybridized carbons (Fsp3) is 0.190. The van der Waals surface area contributed by atoms with Crippen molar-refractivity contribution < 1.29 is 14.4 Å². The fourth-order valence-corrected chi connectivity index (χ4v) is 3.08. The maximum absolute atomic E-state index is 12.5. The number of hydrogen-bond acceptors (Lipinski definition) is 3. The largest absolute Gasteiger partial charge is 0.349 e. The van der Waals surface area contributed by atoms with Crippen molar-refractivity contribution >= 4 is 29.1 Å². The third-order valence-electron chi connectivity index (χ3n) is 4.66. The Bertz CT molecular complexity index is 928. The molecule has 0 saturated heterocycles. The third-order valence-corrected chi connectivity index (χ3v) is 4.66. The molecule has 0 spiro atoms. The number of carbonyl (C=O) groups excluding carboxylic acids is 3. The van der Waals surface area contributed by atoms with E-state index in [4.69, 9.17) is 0 Å². The van der Waals surface area contributed by atoms with Crippen LogP contribution in [0.15, 0.2) is 55.1 Å². The number of fused-ring (bicyclic) bond motifs is 1. The van der Waals surface area contributed by atoms with Crippen LogP contribution in [0.4, 0.5) is 5.69 Å². The van der Waals surface area contributed by atoms with Crippen molar-refractivity contribution in [3.63, 3.8) is 0 Å². The maximum Gasteiger partial charge on any atom is 0.259 e. The summed E-state index contributed by atoms with van der Waals surface area (Å²) in [6.45, 7) is 3.80. The molecule has 2 aromatic carbocycles. The predicted octanol–water partition coefficient (Wildman–Crippen LogP) is 2.64. The van der Waals surface area contributed by atoms with Crippen LogP contribution in [0.5, 0.6) is 0 Å². The van der Waals surface area contributed by atoms with Crippen LogP contribution in [-0.4, -0.2) is 35.2 Å². The van der Waals surface area contributed by atoms with Crippen molar-refractivity contribution in [3.8, 4) is 0 Å². The van der Waals surface area contributed by atoms with Gasteiger partial charge < -0.3 is 10.6 Å². The van der Waals surface area contributed by atoms with E-state index < -0.39 is 0 Å². The van der Waals surface area contributed by atoms with E-state index in [2.05, 4.69) is 17.2 Å². The van der Waals surface area contributed by atoms with E-state index in [0.29, 0.717) is 22.5 Å². The molecule has 1 heterocycles. The Morgan fingerprint density at radius 1 is 1.07 bits per heavy atom. The second-order valence-electron chi connectivity index (χ2n) is 6.76. The summed E-state index contributed by atoms with van der Waals surface area (Å²) < 4.78 is 0. The number of anilines is 1. The summed E-state index contributed by atoms with van der Waals surface area (Å²) in [4.78, 5) is 38.4. The molecule has 1 saturated carbocycles. The van der Waals surface area contributed by atoms with E-state index in [1.54, 1.807) is 36.4 Å². The van der Waals surface area contributed by atoms with E-state index in [1.807, 2.05) is 12.1 Å². The van der Waals surface area contributed by atoms with Gasteiger partial charge in [0.2, 0.25) is 5.91 Å². The number of carbonyl (C=O) groups is 3. The van der Waals surface area contributed by atoms with Gasteiger partial charge in [-0.05, 0) is 37.1 Å². The maximum atomic E-state index is 12.5. The molecular formula is C21H19N3O3. The molecule has 6 nitrogen and oxygen atoms in total. The van der Waals surface area contributed by atoms with Gasteiger partial charge in [0.1, 0.15) is 6.54 Å². The number of nitrogens with zero attached hydrogens (tertiary/aromatic N) is 1. The summed E-state index contributed by atoms with van der Waals surface area (Å²) in [5.74, 6) is -0.729. The minimum atomic E-state index is -0.350. The average molecular weight is 361 g/mol. The Morgan fingerprint density at radius 3 is 2.52 bits per heavy atom. The Kier molecular flexibility index (Phi) is 4.24. The number of nitrogens with one attached hydrogen (secondary N) is 2. The second kappa shape index (κ2) is 6.72. The molecule has 0 radical (unpaired) electrons. The van der Waals surface area contributed by atoms with Crippen LogP contribution >= 0.6 is 0 Å². The minimum Gasteiger partial charge on any atom is -0.349 e. The van der Waals surface area contributed by atoms with Crippen LogP contribution in [-0.2, 0) is 4.79 Å². The lowest BCUT2D eigenvalue weighted by molar-refractivity contribution is -0.116. The predicted molar refractivity (Wildman–Crippen MR) is 102 cm³/mol. The summed E-state index contributed by atoms with van der Waals surface area (Å²) in [5.41, 5.74) is 2.82. The quantitative estimate of drug-likeness (QED) is 0.859. The number of benzene rings is 2. The van der Waals surface area contributed by atoms with Gasteiger partial charge in [0.05, 0.1) is 0 Å². The SMILES string of the molecule is C=C1c2ccccc2C(=O)N1CC(=O)Nc1cccc(C(=O)NC2CC2)c1. The van der Waals surface area contributed by atoms with Crippen LogP contribution < -0.4 is 10.6 Å². The van der Waals surface area contributed by atoms with Crippen molar-refractivity contribution in [2.24, 2.45) is 0 Å². The highest BCUT2D eigenvalue weighted by Crippen LogP contribution is 2.30. The first-order chi connectivity index (χ1) is 13.0. The van der Waals surface area contributed by atoms with Crippen molar-refractivity contribution in [2.75, 3.05) is 11.9 Å². The van der Waals surface area contributed by atoms with E-state index in [9.17, 15) is 14.4 Å². The molecule has 2 aromatic rings. The summed E-state index contributed by atoms with van der Waals surface area (Å²) in [5, 5.41) is 5.66. The zero-order chi connectivity index (χ0) is 19.0. The van der Waals surface area contributed by atoms with Gasteiger partial charge in [0.25, 0.3) is 11.8 Å². The van der Waals surface area contributed by atoms with Crippen LogP contribution in [0.1, 0.15) is 39.1 Å². The van der Waals surface area contributed by atoms with E-state index in [-0.39, 0.29) is 30.3 Å². The molecule has 6 heteroatoms. The van der Waals surface area contributed by atoms with Gasteiger partial charge in [-0.15, -0.1) is 0 Å². The van der Waals surface area contributed by atoms with Crippen molar-refractivity contribution in [3.05, 3.63) is 71.8 Å². The molecule has 2 aliphatic rings. The van der Waals surface area contributed by atoms with Gasteiger partial charge in [0.15, 0.2) is 0 Å². The highest BCUT2D eigenvalue weighted by molar-refractivity contribution is 6.11. The van der Waals surface area contributed by atoms with Gasteiger partial charge in [-0.25, -0.2) is 0 Å². The van der Waals surface area contributed by atoms with Gasteiger partial charge in [-0.1, -0.05) is 30.8 Å². The molecule has 27 heavy (non-hydrogen) atoms. The lowest BCUT2D eigenvalue weighted by Crippen LogP contribution is -2.32. The van der Waals surface area contributed by atoms with Gasteiger partial charge in [0, 0.05) is 34.1 Å². The monoisotopic (exact) mass is 361 g/mol. The van der Waals surface area contributed by atoms with E-state index in [1.165, 1.54) is 4.90 Å². The lowest BCUT2D eigenvalue weighted by atomic mass is 10.1. The van der Waals surface area contributed by atoms with Crippen molar-refractivity contribution in [1.29, 1.82) is 0 Å². The standard InChI is InChI=1S/C21H19N3O3/c1-13-17-7-2-3-8-18(17)21(27)24(13)12-19(25)22-16-6-4-5-14(11-16)20(26)23-15-9-10-15/h2-8,11,15H,1,9-10,12H2,(H,22,25)(H,23,26). The zero-order valence-corrected chi connectivity index (χ0v) is 14.7. The molecule has 0 atom stereocenters. The van der Waals surface area contributed by atoms with Crippen LogP contribution in [0.25, 0.3) is 5.70 Å². The molecule has 0 aromatic heterocycles. The normalized spacial score (nSPS) is 15.5. The van der Waals surface area contributed by atoms with Gasteiger partial charge in [-0.2, -0.15) is 0 Å². The summed E-state index contributed by atoms with van der Waals surface area (Å²) in [6.07, 6.45) is 2.02. The molecule has 4 rings (SSSR count). The van der Waals surface area contributed by atoms with Crippen molar-refractivity contribution in [2.45, 2.75) is 18.9 Å². The molecule has 0 bridgehead atoms. The Labute approximate surface area is 156 Å². The van der Waals surface area contributed by atoms with Crippen molar-refractivity contribution in [1.82, 2.24) is 10.2 Å². The smallest absolute Gasteiger partial charge is 0.259 e. The Hall–Kier alpha value is -3.41. The number of rotatable bonds is 5.